The first-order valence-electron chi connectivity index (χ1n) is 8.49. The monoisotopic (exact) mass is 434 g/mol. The smallest absolute Gasteiger partial charge is 0.308 e. The molecule has 0 aliphatic rings. The van der Waals surface area contributed by atoms with E-state index in [0.717, 1.165) is 32.6 Å². The number of thiazole rings is 1. The molecule has 0 fully saturated rings. The van der Waals surface area contributed by atoms with Crippen LogP contribution in [0.4, 0.5) is 0 Å². The van der Waals surface area contributed by atoms with Gasteiger partial charge in [-0.15, -0.1) is 0 Å². The Morgan fingerprint density at radius 1 is 1.25 bits per heavy atom. The van der Waals surface area contributed by atoms with Crippen molar-refractivity contribution in [1.29, 1.82) is 0 Å². The normalized spacial score (nSPS) is 11.4. The molecule has 144 valence electrons. The average molecular weight is 435 g/mol. The third-order valence-corrected chi connectivity index (χ3v) is 6.18. The number of aryl methyl sites for hydroxylation is 1. The molecule has 9 heteroatoms. The Kier molecular flexibility index (Phi) is 4.91. The molecule has 0 bridgehead atoms. The molecule has 4 rings (SSSR count). The summed E-state index contributed by atoms with van der Waals surface area (Å²) in [5.41, 5.74) is 3.26. The molecule has 0 spiro atoms. The first kappa shape index (κ1) is 19.0. The van der Waals surface area contributed by atoms with E-state index >= 15 is 0 Å². The molecule has 0 saturated heterocycles. The molecule has 1 amide bonds. The van der Waals surface area contributed by atoms with E-state index < -0.39 is 0 Å². The number of benzene rings is 2. The van der Waals surface area contributed by atoms with Gasteiger partial charge in [0.25, 0.3) is 0 Å². The number of carbonyl (C=O) groups excluding carboxylic acids is 1. The summed E-state index contributed by atoms with van der Waals surface area (Å²) in [5, 5.41) is 0.864. The number of hydrogen-bond donors (Lipinski definition) is 1. The first-order chi connectivity index (χ1) is 13.3. The quantitative estimate of drug-likeness (QED) is 0.522. The van der Waals surface area contributed by atoms with E-state index in [-0.39, 0.29) is 23.9 Å². The van der Waals surface area contributed by atoms with Crippen molar-refractivity contribution in [3.8, 4) is 0 Å². The largest absolute Gasteiger partial charge is 0.340 e. The third-order valence-electron chi connectivity index (χ3n) is 4.50. The maximum Gasteiger partial charge on any atom is 0.308 e. The number of rotatable bonds is 4. The summed E-state index contributed by atoms with van der Waals surface area (Å²) >= 11 is 13.2. The van der Waals surface area contributed by atoms with Crippen LogP contribution in [0.3, 0.4) is 0 Å². The zero-order chi connectivity index (χ0) is 20.0. The number of hydrogen-bond acceptors (Lipinski definition) is 4. The fourth-order valence-corrected chi connectivity index (χ4v) is 4.22. The topological polar surface area (TPSA) is 71.0 Å². The van der Waals surface area contributed by atoms with Gasteiger partial charge in [0, 0.05) is 7.05 Å². The van der Waals surface area contributed by atoms with Gasteiger partial charge in [-0.05, 0) is 36.8 Å². The number of likely N-dealkylation sites (N-methyl/N-ethyl adjacent to an activating group) is 1. The number of fused-ring (bicyclic) bond motifs is 2. The predicted octanol–water partition coefficient (Wildman–Crippen LogP) is 4.21. The number of aromatic amines is 1. The second kappa shape index (κ2) is 7.24. The summed E-state index contributed by atoms with van der Waals surface area (Å²) in [4.78, 5) is 34.0. The van der Waals surface area contributed by atoms with Crippen LogP contribution in [-0.4, -0.2) is 32.4 Å². The summed E-state index contributed by atoms with van der Waals surface area (Å²) in [6.45, 7) is 2.22. The maximum absolute atomic E-state index is 12.7. The molecule has 0 aliphatic carbocycles. The fraction of sp³-hybridized carbons (Fsp3) is 0.211. The van der Waals surface area contributed by atoms with Crippen molar-refractivity contribution in [2.45, 2.75) is 20.0 Å². The van der Waals surface area contributed by atoms with Gasteiger partial charge in [0.05, 0.1) is 37.8 Å². The lowest BCUT2D eigenvalue weighted by molar-refractivity contribution is -0.131. The standard InChI is InChI=1S/C19H16Cl2N4O2S/c1-10-3-4-16-15(5-10)25(19(27)28-16)9-18(26)24(2)8-17-22-13-6-11(20)12(21)7-14(13)23-17/h3-7H,8-9H2,1-2H3,(H,22,23). The van der Waals surface area contributed by atoms with Crippen molar-refractivity contribution in [3.05, 3.63) is 61.4 Å². The molecular weight excluding hydrogens is 419 g/mol. The molecule has 2 heterocycles. The van der Waals surface area contributed by atoms with Gasteiger partial charge in [-0.2, -0.15) is 0 Å². The summed E-state index contributed by atoms with van der Waals surface area (Å²) in [6.07, 6.45) is 0. The number of H-pyrrole nitrogens is 1. The summed E-state index contributed by atoms with van der Waals surface area (Å²) in [7, 11) is 1.68. The Morgan fingerprint density at radius 3 is 2.79 bits per heavy atom. The molecular formula is C19H16Cl2N4O2S. The van der Waals surface area contributed by atoms with Crippen LogP contribution >= 0.6 is 34.5 Å². The fourth-order valence-electron chi connectivity index (χ4n) is 3.02. The minimum atomic E-state index is -0.181. The predicted molar refractivity (Wildman–Crippen MR) is 113 cm³/mol. The Balaban J connectivity index is 1.55. The van der Waals surface area contributed by atoms with Gasteiger partial charge in [-0.1, -0.05) is 40.6 Å². The first-order valence-corrected chi connectivity index (χ1v) is 10.1. The van der Waals surface area contributed by atoms with E-state index in [0.29, 0.717) is 21.4 Å². The molecule has 0 aliphatic heterocycles. The lowest BCUT2D eigenvalue weighted by atomic mass is 10.2. The SMILES string of the molecule is Cc1ccc2sc(=O)n(CC(=O)N(C)Cc3nc4cc(Cl)c(Cl)cc4[nH]3)c2c1. The van der Waals surface area contributed by atoms with Gasteiger partial charge in [-0.3, -0.25) is 14.2 Å². The maximum atomic E-state index is 12.7. The molecule has 0 unspecified atom stereocenters. The van der Waals surface area contributed by atoms with Crippen molar-refractivity contribution >= 4 is 61.7 Å². The van der Waals surface area contributed by atoms with E-state index in [1.807, 2.05) is 25.1 Å². The number of carbonyl (C=O) groups is 1. The molecule has 1 N–H and O–H groups in total. The van der Waals surface area contributed by atoms with Gasteiger partial charge in [0.2, 0.25) is 5.91 Å². The van der Waals surface area contributed by atoms with E-state index in [4.69, 9.17) is 23.2 Å². The molecule has 2 aromatic carbocycles. The van der Waals surface area contributed by atoms with Gasteiger partial charge in [0.1, 0.15) is 12.4 Å². The van der Waals surface area contributed by atoms with Gasteiger partial charge in [-0.25, -0.2) is 4.98 Å². The highest BCUT2D eigenvalue weighted by molar-refractivity contribution is 7.16. The van der Waals surface area contributed by atoms with Crippen LogP contribution in [0.15, 0.2) is 35.1 Å². The minimum absolute atomic E-state index is 0.0172. The van der Waals surface area contributed by atoms with E-state index in [9.17, 15) is 9.59 Å². The van der Waals surface area contributed by atoms with Crippen LogP contribution in [0.25, 0.3) is 21.3 Å². The van der Waals surface area contributed by atoms with E-state index in [1.165, 1.54) is 9.47 Å². The Hall–Kier alpha value is -2.35. The molecule has 0 radical (unpaired) electrons. The molecule has 6 nitrogen and oxygen atoms in total. The average Bonchev–Trinajstić information content (AvgIpc) is 3.15. The number of nitrogens with one attached hydrogen (secondary N) is 1. The van der Waals surface area contributed by atoms with Gasteiger partial charge >= 0.3 is 4.87 Å². The van der Waals surface area contributed by atoms with Crippen LogP contribution in [-0.2, 0) is 17.9 Å². The van der Waals surface area contributed by atoms with Crippen molar-refractivity contribution in [3.63, 3.8) is 0 Å². The van der Waals surface area contributed by atoms with Crippen LogP contribution in [0.5, 0.6) is 0 Å². The molecule has 0 saturated carbocycles. The second-order valence-corrected chi connectivity index (χ2v) is 8.45. The Bertz CT molecular complexity index is 1240. The molecule has 4 aromatic rings. The Morgan fingerprint density at radius 2 is 2.00 bits per heavy atom. The van der Waals surface area contributed by atoms with Crippen LogP contribution < -0.4 is 4.87 Å². The van der Waals surface area contributed by atoms with Gasteiger partial charge in [0.15, 0.2) is 0 Å². The van der Waals surface area contributed by atoms with E-state index in [2.05, 4.69) is 9.97 Å². The lowest BCUT2D eigenvalue weighted by Crippen LogP contribution is -2.32. The van der Waals surface area contributed by atoms with Crippen molar-refractivity contribution in [1.82, 2.24) is 19.4 Å². The lowest BCUT2D eigenvalue weighted by Gasteiger charge is -2.16. The summed E-state index contributed by atoms with van der Waals surface area (Å²) < 4.78 is 2.39. The Labute approximate surface area is 174 Å². The number of aromatic nitrogens is 3. The van der Waals surface area contributed by atoms with Crippen molar-refractivity contribution in [2.24, 2.45) is 0 Å². The highest BCUT2D eigenvalue weighted by atomic mass is 35.5. The van der Waals surface area contributed by atoms with Crippen LogP contribution in [0.2, 0.25) is 10.0 Å². The highest BCUT2D eigenvalue weighted by Crippen LogP contribution is 2.26. The zero-order valence-corrected chi connectivity index (χ0v) is 17.5. The molecule has 28 heavy (non-hydrogen) atoms. The summed E-state index contributed by atoms with van der Waals surface area (Å²) in [6, 6.07) is 9.17. The summed E-state index contributed by atoms with van der Waals surface area (Å²) in [5.74, 6) is 0.433. The highest BCUT2D eigenvalue weighted by Gasteiger charge is 2.16. The zero-order valence-electron chi connectivity index (χ0n) is 15.1. The van der Waals surface area contributed by atoms with Crippen LogP contribution in [0.1, 0.15) is 11.4 Å². The van der Waals surface area contributed by atoms with Gasteiger partial charge < -0.3 is 9.88 Å². The second-order valence-electron chi connectivity index (χ2n) is 6.64. The number of nitrogens with zero attached hydrogens (tertiary/aromatic N) is 3. The van der Waals surface area contributed by atoms with Crippen LogP contribution in [0, 0.1) is 6.92 Å². The number of amides is 1. The van der Waals surface area contributed by atoms with E-state index in [1.54, 1.807) is 19.2 Å². The minimum Gasteiger partial charge on any atom is -0.340 e. The third kappa shape index (κ3) is 3.53. The van der Waals surface area contributed by atoms with Crippen molar-refractivity contribution in [2.75, 3.05) is 7.05 Å². The van der Waals surface area contributed by atoms with Crippen molar-refractivity contribution < 1.29 is 4.79 Å². The molecule has 2 aromatic heterocycles. The number of halogens is 2. The molecule has 0 atom stereocenters. The number of imidazole rings is 1.